The lowest BCUT2D eigenvalue weighted by Crippen LogP contribution is -2.18. The van der Waals surface area contributed by atoms with Crippen molar-refractivity contribution in [1.29, 1.82) is 0 Å². The van der Waals surface area contributed by atoms with Gasteiger partial charge in [0.15, 0.2) is 0 Å². The van der Waals surface area contributed by atoms with Gasteiger partial charge in [0.25, 0.3) is 0 Å². The second kappa shape index (κ2) is 6.70. The fourth-order valence-electron chi connectivity index (χ4n) is 5.93. The minimum Gasteiger partial charge on any atom is -0.496 e. The first-order chi connectivity index (χ1) is 15.1. The Kier molecular flexibility index (Phi) is 4.47. The SMILES string of the molecule is COc1cc2c3c(c(CO)cc2c2c1-c1sc(Br)cc1C2(C)C)-c1sc(Br)cc1C3(C)C. The summed E-state index contributed by atoms with van der Waals surface area (Å²) in [5.41, 5.74) is 8.37. The third kappa shape index (κ3) is 2.48. The van der Waals surface area contributed by atoms with Crippen molar-refractivity contribution in [3.05, 3.63) is 59.7 Å². The molecule has 2 aromatic heterocycles. The number of thiophene rings is 2. The molecule has 0 saturated carbocycles. The van der Waals surface area contributed by atoms with Gasteiger partial charge in [0.1, 0.15) is 5.75 Å². The van der Waals surface area contributed by atoms with E-state index in [-0.39, 0.29) is 17.4 Å². The van der Waals surface area contributed by atoms with Crippen molar-refractivity contribution in [2.24, 2.45) is 0 Å². The number of methoxy groups -OCH3 is 1. The predicted molar refractivity (Wildman–Crippen MR) is 143 cm³/mol. The first kappa shape index (κ1) is 21.4. The van der Waals surface area contributed by atoms with Crippen LogP contribution in [0.1, 0.15) is 55.5 Å². The summed E-state index contributed by atoms with van der Waals surface area (Å²) in [6, 6.07) is 8.97. The summed E-state index contributed by atoms with van der Waals surface area (Å²) in [7, 11) is 1.77. The van der Waals surface area contributed by atoms with Crippen LogP contribution >= 0.6 is 54.5 Å². The van der Waals surface area contributed by atoms with Gasteiger partial charge in [-0.3, -0.25) is 0 Å². The van der Waals surface area contributed by atoms with Crippen LogP contribution in [0.3, 0.4) is 0 Å². The molecule has 164 valence electrons. The quantitative estimate of drug-likeness (QED) is 0.254. The Morgan fingerprint density at radius 3 is 1.84 bits per heavy atom. The number of aliphatic hydroxyl groups excluding tert-OH is 1. The van der Waals surface area contributed by atoms with Gasteiger partial charge in [-0.05, 0) is 94.7 Å². The van der Waals surface area contributed by atoms with Gasteiger partial charge >= 0.3 is 0 Å². The van der Waals surface area contributed by atoms with Crippen molar-refractivity contribution in [3.8, 4) is 26.6 Å². The molecule has 4 aromatic rings. The smallest absolute Gasteiger partial charge is 0.128 e. The normalized spacial score (nSPS) is 16.8. The molecule has 0 unspecified atom stereocenters. The number of hydrogen-bond donors (Lipinski definition) is 1. The highest BCUT2D eigenvalue weighted by Gasteiger charge is 2.44. The highest BCUT2D eigenvalue weighted by Crippen LogP contribution is 2.62. The van der Waals surface area contributed by atoms with E-state index in [9.17, 15) is 5.11 Å². The highest BCUT2D eigenvalue weighted by molar-refractivity contribution is 9.11. The van der Waals surface area contributed by atoms with E-state index in [1.54, 1.807) is 29.8 Å². The van der Waals surface area contributed by atoms with E-state index in [0.717, 1.165) is 18.9 Å². The van der Waals surface area contributed by atoms with Gasteiger partial charge < -0.3 is 9.84 Å². The van der Waals surface area contributed by atoms with E-state index < -0.39 is 0 Å². The molecule has 6 rings (SSSR count). The molecule has 0 bridgehead atoms. The van der Waals surface area contributed by atoms with Crippen molar-refractivity contribution in [1.82, 2.24) is 0 Å². The molecule has 1 N–H and O–H groups in total. The Bertz CT molecular complexity index is 1360. The van der Waals surface area contributed by atoms with Crippen LogP contribution in [0.4, 0.5) is 0 Å². The molecule has 0 fully saturated rings. The van der Waals surface area contributed by atoms with E-state index in [1.165, 1.54) is 53.9 Å². The number of ether oxygens (including phenoxy) is 1. The van der Waals surface area contributed by atoms with Crippen LogP contribution < -0.4 is 4.74 Å². The Morgan fingerprint density at radius 2 is 1.31 bits per heavy atom. The van der Waals surface area contributed by atoms with Gasteiger partial charge in [0, 0.05) is 31.7 Å². The molecule has 0 spiro atoms. The Hall–Kier alpha value is -1.18. The maximum absolute atomic E-state index is 10.5. The molecule has 0 aliphatic heterocycles. The number of aliphatic hydroxyl groups is 1. The lowest BCUT2D eigenvalue weighted by atomic mass is 9.75. The molecule has 0 radical (unpaired) electrons. The minimum atomic E-state index is -0.160. The molecule has 0 amide bonds. The fraction of sp³-hybridized carbons (Fsp3) is 0.308. The van der Waals surface area contributed by atoms with Gasteiger partial charge in [0.2, 0.25) is 0 Å². The molecular formula is C26H22Br2O2S2. The first-order valence-electron chi connectivity index (χ1n) is 10.5. The van der Waals surface area contributed by atoms with E-state index >= 15 is 0 Å². The van der Waals surface area contributed by atoms with E-state index in [2.05, 4.69) is 83.8 Å². The summed E-state index contributed by atoms with van der Waals surface area (Å²) in [5, 5.41) is 12.9. The minimum absolute atomic E-state index is 0.0257. The fourth-order valence-corrected chi connectivity index (χ4v) is 9.59. The molecule has 6 heteroatoms. The van der Waals surface area contributed by atoms with E-state index in [4.69, 9.17) is 4.74 Å². The van der Waals surface area contributed by atoms with Crippen molar-refractivity contribution in [2.45, 2.75) is 45.1 Å². The van der Waals surface area contributed by atoms with E-state index in [1.807, 2.05) is 0 Å². The molecule has 0 atom stereocenters. The number of benzene rings is 2. The van der Waals surface area contributed by atoms with Crippen molar-refractivity contribution < 1.29 is 9.84 Å². The van der Waals surface area contributed by atoms with Crippen LogP contribution in [0.2, 0.25) is 0 Å². The third-order valence-corrected chi connectivity index (χ3v) is 10.6. The van der Waals surface area contributed by atoms with Crippen LogP contribution in [0, 0.1) is 0 Å². The maximum Gasteiger partial charge on any atom is 0.128 e. The summed E-state index contributed by atoms with van der Waals surface area (Å²) in [5.74, 6) is 0.930. The van der Waals surface area contributed by atoms with E-state index in [0.29, 0.717) is 0 Å². The van der Waals surface area contributed by atoms with Crippen molar-refractivity contribution in [2.75, 3.05) is 7.11 Å². The largest absolute Gasteiger partial charge is 0.496 e. The predicted octanol–water partition coefficient (Wildman–Crippen LogP) is 8.60. The molecule has 2 nitrogen and oxygen atoms in total. The molecule has 2 heterocycles. The number of rotatable bonds is 2. The summed E-state index contributed by atoms with van der Waals surface area (Å²) in [6.45, 7) is 9.24. The number of fused-ring (bicyclic) bond motifs is 9. The average molecular weight is 590 g/mol. The maximum atomic E-state index is 10.5. The molecule has 2 aromatic carbocycles. The van der Waals surface area contributed by atoms with Gasteiger partial charge in [-0.15, -0.1) is 22.7 Å². The molecular weight excluding hydrogens is 568 g/mol. The zero-order valence-corrected chi connectivity index (χ0v) is 23.2. The van der Waals surface area contributed by atoms with Crippen LogP contribution in [0.5, 0.6) is 5.75 Å². The lowest BCUT2D eigenvalue weighted by Gasteiger charge is -2.28. The topological polar surface area (TPSA) is 29.5 Å². The first-order valence-corrected chi connectivity index (χ1v) is 13.8. The molecule has 0 saturated heterocycles. The Labute approximate surface area is 212 Å². The van der Waals surface area contributed by atoms with Crippen LogP contribution in [-0.4, -0.2) is 12.2 Å². The summed E-state index contributed by atoms with van der Waals surface area (Å²) in [6.07, 6.45) is 0. The second-order valence-electron chi connectivity index (χ2n) is 9.70. The molecule has 2 aliphatic rings. The van der Waals surface area contributed by atoms with Gasteiger partial charge in [-0.25, -0.2) is 0 Å². The third-order valence-electron chi connectivity index (χ3n) is 7.34. The van der Waals surface area contributed by atoms with Gasteiger partial charge in [-0.2, -0.15) is 0 Å². The summed E-state index contributed by atoms with van der Waals surface area (Å²) >= 11 is 10.9. The zero-order valence-electron chi connectivity index (χ0n) is 18.4. The number of hydrogen-bond acceptors (Lipinski definition) is 4. The van der Waals surface area contributed by atoms with Gasteiger partial charge in [0.05, 0.1) is 21.3 Å². The van der Waals surface area contributed by atoms with Crippen LogP contribution in [-0.2, 0) is 17.4 Å². The summed E-state index contributed by atoms with van der Waals surface area (Å²) in [4.78, 5) is 2.55. The summed E-state index contributed by atoms with van der Waals surface area (Å²) < 4.78 is 8.30. The molecule has 32 heavy (non-hydrogen) atoms. The van der Waals surface area contributed by atoms with Gasteiger partial charge in [-0.1, -0.05) is 27.7 Å². The van der Waals surface area contributed by atoms with Crippen molar-refractivity contribution >= 4 is 65.3 Å². The van der Waals surface area contributed by atoms with Crippen molar-refractivity contribution in [3.63, 3.8) is 0 Å². The van der Waals surface area contributed by atoms with Crippen LogP contribution in [0.25, 0.3) is 31.7 Å². The highest BCUT2D eigenvalue weighted by atomic mass is 79.9. The second-order valence-corrected chi connectivity index (χ2v) is 14.6. The zero-order chi connectivity index (χ0) is 22.7. The molecule has 2 aliphatic carbocycles. The number of halogens is 2. The standard InChI is InChI=1S/C26H22Br2O2S2/c1-25(2)14-8-17(27)31-23(14)19-11(10-29)6-12-13(21(19)25)7-16(30-5)20-22(12)26(3,4)15-9-18(28)32-24(15)20/h6-9,29H,10H2,1-5H3. The average Bonchev–Trinajstić information content (AvgIpc) is 3.42. The Morgan fingerprint density at radius 1 is 0.812 bits per heavy atom. The monoisotopic (exact) mass is 588 g/mol. The lowest BCUT2D eigenvalue weighted by molar-refractivity contribution is 0.282. The Balaban J connectivity index is 1.82. The van der Waals surface area contributed by atoms with Crippen LogP contribution in [0.15, 0.2) is 31.8 Å².